The lowest BCUT2D eigenvalue weighted by Crippen LogP contribution is -2.05. The number of carbonyl (C=O) groups excluding carboxylic acids is 1. The number of benzene rings is 2. The van der Waals surface area contributed by atoms with E-state index in [1.165, 1.54) is 11.8 Å². The van der Waals surface area contributed by atoms with Crippen LogP contribution in [0.2, 0.25) is 5.02 Å². The van der Waals surface area contributed by atoms with Gasteiger partial charge < -0.3 is 9.72 Å². The lowest BCUT2D eigenvalue weighted by molar-refractivity contribution is 0.101. The average Bonchev–Trinajstić information content (AvgIpc) is 3.43. The van der Waals surface area contributed by atoms with Crippen LogP contribution in [0.5, 0.6) is 5.75 Å². The summed E-state index contributed by atoms with van der Waals surface area (Å²) in [5.74, 6) is 1.48. The standard InChI is InChI=1S/C21H17ClN4O2S/c1-28-19-10-9-15(12-16(19)22)26-20(14-6-3-2-4-7-14)24-25-21(26)29-13-18(27)17-8-5-11-23-17/h2-12,23H,13H2,1H3. The Labute approximate surface area is 176 Å². The molecule has 0 radical (unpaired) electrons. The molecular formula is C21H17ClN4O2S. The lowest BCUT2D eigenvalue weighted by atomic mass is 10.2. The molecule has 1 N–H and O–H groups in total. The van der Waals surface area contributed by atoms with Crippen LogP contribution in [0.4, 0.5) is 0 Å². The first kappa shape index (κ1) is 19.3. The van der Waals surface area contributed by atoms with Gasteiger partial charge in [0.05, 0.1) is 29.3 Å². The number of nitrogens with zero attached hydrogens (tertiary/aromatic N) is 3. The van der Waals surface area contributed by atoms with Gasteiger partial charge in [0.15, 0.2) is 16.8 Å². The summed E-state index contributed by atoms with van der Waals surface area (Å²) in [7, 11) is 1.57. The number of ketones is 1. The van der Waals surface area contributed by atoms with Gasteiger partial charge in [-0.25, -0.2) is 0 Å². The number of thioether (sulfide) groups is 1. The molecule has 0 amide bonds. The number of Topliss-reactive ketones (excluding diaryl/α,β-unsaturated/α-hetero) is 1. The summed E-state index contributed by atoms with van der Waals surface area (Å²) in [5.41, 5.74) is 2.27. The Kier molecular flexibility index (Phi) is 5.69. The SMILES string of the molecule is COc1ccc(-n2c(SCC(=O)c3ccc[nH]3)nnc2-c2ccccc2)cc1Cl. The molecular weight excluding hydrogens is 408 g/mol. The number of hydrogen-bond acceptors (Lipinski definition) is 5. The molecule has 0 saturated carbocycles. The zero-order valence-corrected chi connectivity index (χ0v) is 17.1. The van der Waals surface area contributed by atoms with Gasteiger partial charge in [-0.3, -0.25) is 9.36 Å². The summed E-state index contributed by atoms with van der Waals surface area (Å²) >= 11 is 7.67. The van der Waals surface area contributed by atoms with E-state index in [-0.39, 0.29) is 11.5 Å². The molecule has 8 heteroatoms. The summed E-state index contributed by atoms with van der Waals surface area (Å²) in [5, 5.41) is 9.79. The first-order chi connectivity index (χ1) is 14.2. The molecule has 2 heterocycles. The quantitative estimate of drug-likeness (QED) is 0.337. The van der Waals surface area contributed by atoms with E-state index in [1.807, 2.05) is 41.0 Å². The van der Waals surface area contributed by atoms with Gasteiger partial charge in [0.25, 0.3) is 0 Å². The minimum atomic E-state index is -0.0106. The maximum Gasteiger partial charge on any atom is 0.196 e. The van der Waals surface area contributed by atoms with Gasteiger partial charge in [0.1, 0.15) is 5.75 Å². The largest absolute Gasteiger partial charge is 0.495 e. The topological polar surface area (TPSA) is 72.8 Å². The van der Waals surface area contributed by atoms with Crippen molar-refractivity contribution in [3.8, 4) is 22.8 Å². The fourth-order valence-corrected chi connectivity index (χ4v) is 3.96. The molecule has 29 heavy (non-hydrogen) atoms. The molecule has 6 nitrogen and oxygen atoms in total. The van der Waals surface area contributed by atoms with Crippen molar-refractivity contribution in [1.82, 2.24) is 19.7 Å². The summed E-state index contributed by atoms with van der Waals surface area (Å²) in [4.78, 5) is 15.3. The van der Waals surface area contributed by atoms with E-state index in [2.05, 4.69) is 15.2 Å². The highest BCUT2D eigenvalue weighted by Gasteiger charge is 2.18. The highest BCUT2D eigenvalue weighted by Crippen LogP contribution is 2.32. The van der Waals surface area contributed by atoms with Crippen molar-refractivity contribution in [1.29, 1.82) is 0 Å². The van der Waals surface area contributed by atoms with Gasteiger partial charge in [-0.15, -0.1) is 10.2 Å². The number of aromatic nitrogens is 4. The third-order valence-corrected chi connectivity index (χ3v) is 5.51. The van der Waals surface area contributed by atoms with Crippen LogP contribution in [0.15, 0.2) is 72.0 Å². The number of ether oxygens (including phenoxy) is 1. The van der Waals surface area contributed by atoms with Crippen LogP contribution >= 0.6 is 23.4 Å². The van der Waals surface area contributed by atoms with E-state index in [0.717, 1.165) is 11.3 Å². The van der Waals surface area contributed by atoms with Crippen molar-refractivity contribution < 1.29 is 9.53 Å². The molecule has 0 fully saturated rings. The second kappa shape index (κ2) is 8.55. The fraction of sp³-hybridized carbons (Fsp3) is 0.0952. The fourth-order valence-electron chi connectivity index (χ4n) is 2.88. The van der Waals surface area contributed by atoms with Crippen LogP contribution in [0.3, 0.4) is 0 Å². The summed E-state index contributed by atoms with van der Waals surface area (Å²) in [6.07, 6.45) is 1.73. The summed E-state index contributed by atoms with van der Waals surface area (Å²) in [6, 6.07) is 18.8. The number of rotatable bonds is 7. The zero-order valence-electron chi connectivity index (χ0n) is 15.5. The molecule has 2 aromatic heterocycles. The first-order valence-electron chi connectivity index (χ1n) is 8.81. The third-order valence-electron chi connectivity index (χ3n) is 4.29. The molecule has 0 aliphatic heterocycles. The lowest BCUT2D eigenvalue weighted by Gasteiger charge is -2.12. The van der Waals surface area contributed by atoms with Crippen LogP contribution < -0.4 is 4.74 Å². The maximum atomic E-state index is 12.4. The van der Waals surface area contributed by atoms with Crippen molar-refractivity contribution >= 4 is 29.1 Å². The monoisotopic (exact) mass is 424 g/mol. The molecule has 0 aliphatic rings. The number of halogens is 1. The average molecular weight is 425 g/mol. The Morgan fingerprint density at radius 3 is 2.66 bits per heavy atom. The van der Waals surface area contributed by atoms with Gasteiger partial charge in [0.2, 0.25) is 0 Å². The van der Waals surface area contributed by atoms with Crippen LogP contribution in [0.1, 0.15) is 10.5 Å². The van der Waals surface area contributed by atoms with Gasteiger partial charge in [-0.1, -0.05) is 53.7 Å². The van der Waals surface area contributed by atoms with Crippen molar-refractivity contribution in [2.45, 2.75) is 5.16 Å². The number of hydrogen-bond donors (Lipinski definition) is 1. The molecule has 0 saturated heterocycles. The Bertz CT molecular complexity index is 1130. The summed E-state index contributed by atoms with van der Waals surface area (Å²) < 4.78 is 7.15. The Hall–Kier alpha value is -3.03. The molecule has 0 aliphatic carbocycles. The number of methoxy groups -OCH3 is 1. The molecule has 146 valence electrons. The van der Waals surface area contributed by atoms with Gasteiger partial charge in [-0.05, 0) is 30.3 Å². The second-order valence-electron chi connectivity index (χ2n) is 6.12. The molecule has 0 atom stereocenters. The maximum absolute atomic E-state index is 12.4. The second-order valence-corrected chi connectivity index (χ2v) is 7.47. The number of carbonyl (C=O) groups is 1. The van der Waals surface area contributed by atoms with Crippen molar-refractivity contribution in [2.24, 2.45) is 0 Å². The van der Waals surface area contributed by atoms with E-state index >= 15 is 0 Å². The van der Waals surface area contributed by atoms with E-state index in [0.29, 0.717) is 27.4 Å². The third kappa shape index (κ3) is 4.06. The minimum absolute atomic E-state index is 0.0106. The van der Waals surface area contributed by atoms with E-state index in [4.69, 9.17) is 16.3 Å². The van der Waals surface area contributed by atoms with Gasteiger partial charge in [0, 0.05) is 11.8 Å². The molecule has 0 spiro atoms. The van der Waals surface area contributed by atoms with E-state index in [1.54, 1.807) is 37.6 Å². The van der Waals surface area contributed by atoms with Crippen molar-refractivity contribution in [3.05, 3.63) is 77.6 Å². The van der Waals surface area contributed by atoms with E-state index < -0.39 is 0 Å². The zero-order chi connectivity index (χ0) is 20.2. The minimum Gasteiger partial charge on any atom is -0.495 e. The van der Waals surface area contributed by atoms with Gasteiger partial charge in [-0.2, -0.15) is 0 Å². The molecule has 0 unspecified atom stereocenters. The van der Waals surface area contributed by atoms with Crippen LogP contribution in [0, 0.1) is 0 Å². The van der Waals surface area contributed by atoms with Crippen molar-refractivity contribution in [3.63, 3.8) is 0 Å². The van der Waals surface area contributed by atoms with Gasteiger partial charge >= 0.3 is 0 Å². The first-order valence-corrected chi connectivity index (χ1v) is 10.2. The number of H-pyrrole nitrogens is 1. The summed E-state index contributed by atoms with van der Waals surface area (Å²) in [6.45, 7) is 0. The smallest absolute Gasteiger partial charge is 0.196 e. The highest BCUT2D eigenvalue weighted by atomic mass is 35.5. The highest BCUT2D eigenvalue weighted by molar-refractivity contribution is 7.99. The molecule has 4 aromatic rings. The number of aromatic amines is 1. The normalized spacial score (nSPS) is 10.8. The molecule has 4 rings (SSSR count). The Morgan fingerprint density at radius 2 is 1.97 bits per heavy atom. The predicted octanol–water partition coefficient (Wildman–Crippen LogP) is 4.90. The van der Waals surface area contributed by atoms with E-state index in [9.17, 15) is 4.79 Å². The number of nitrogens with one attached hydrogen (secondary N) is 1. The van der Waals surface area contributed by atoms with Crippen LogP contribution in [0.25, 0.3) is 17.1 Å². The molecule has 2 aromatic carbocycles. The van der Waals surface area contributed by atoms with Crippen LogP contribution in [-0.4, -0.2) is 38.4 Å². The predicted molar refractivity (Wildman–Crippen MR) is 114 cm³/mol. The molecule has 0 bridgehead atoms. The Morgan fingerprint density at radius 1 is 1.14 bits per heavy atom. The Balaban J connectivity index is 1.73. The van der Waals surface area contributed by atoms with Crippen LogP contribution in [-0.2, 0) is 0 Å². The van der Waals surface area contributed by atoms with Crippen molar-refractivity contribution in [2.75, 3.05) is 12.9 Å².